The first-order chi connectivity index (χ1) is 11.1. The van der Waals surface area contributed by atoms with E-state index in [1.54, 1.807) is 35.8 Å². The van der Waals surface area contributed by atoms with Gasteiger partial charge in [-0.05, 0) is 24.1 Å². The maximum atomic E-state index is 11.9. The van der Waals surface area contributed by atoms with Crippen LogP contribution in [-0.2, 0) is 16.0 Å². The molecule has 1 aromatic carbocycles. The molecule has 0 saturated carbocycles. The van der Waals surface area contributed by atoms with E-state index in [1.165, 1.54) is 18.4 Å². The Bertz CT molecular complexity index is 643. The van der Waals surface area contributed by atoms with Gasteiger partial charge >= 0.3 is 12.0 Å². The average Bonchev–Trinajstić information content (AvgIpc) is 3.05. The fourth-order valence-electron chi connectivity index (χ4n) is 1.96. The number of carbonyl (C=O) groups is 2. The normalized spacial score (nSPS) is 11.5. The smallest absolute Gasteiger partial charge is 0.321 e. The summed E-state index contributed by atoms with van der Waals surface area (Å²) in [4.78, 5) is 27.6. The topological polar surface area (TPSA) is 101 Å². The third-order valence-electron chi connectivity index (χ3n) is 3.11. The minimum Gasteiger partial charge on any atom is -0.508 e. The van der Waals surface area contributed by atoms with E-state index in [4.69, 9.17) is 4.74 Å². The zero-order chi connectivity index (χ0) is 16.7. The van der Waals surface area contributed by atoms with Crippen molar-refractivity contribution in [2.45, 2.75) is 6.42 Å². The average molecular weight is 335 g/mol. The van der Waals surface area contributed by atoms with Crippen molar-refractivity contribution in [2.24, 2.45) is 5.92 Å². The van der Waals surface area contributed by atoms with Gasteiger partial charge < -0.3 is 15.2 Å². The van der Waals surface area contributed by atoms with Gasteiger partial charge in [0.25, 0.3) is 0 Å². The van der Waals surface area contributed by atoms with Crippen molar-refractivity contribution in [3.8, 4) is 5.75 Å². The van der Waals surface area contributed by atoms with Crippen LogP contribution in [-0.4, -0.2) is 35.7 Å². The van der Waals surface area contributed by atoms with Crippen molar-refractivity contribution in [1.82, 2.24) is 10.3 Å². The van der Waals surface area contributed by atoms with Gasteiger partial charge in [-0.2, -0.15) is 0 Å². The molecule has 0 saturated heterocycles. The number of aromatic hydroxyl groups is 1. The number of hydrogen-bond donors (Lipinski definition) is 3. The molecule has 1 heterocycles. The highest BCUT2D eigenvalue weighted by atomic mass is 32.1. The Labute approximate surface area is 137 Å². The van der Waals surface area contributed by atoms with Gasteiger partial charge in [-0.25, -0.2) is 9.78 Å². The Kier molecular flexibility index (Phi) is 5.93. The van der Waals surface area contributed by atoms with Gasteiger partial charge in [0.15, 0.2) is 5.13 Å². The number of methoxy groups -OCH3 is 1. The molecule has 0 aliphatic rings. The highest BCUT2D eigenvalue weighted by Gasteiger charge is 2.20. The number of esters is 1. The summed E-state index contributed by atoms with van der Waals surface area (Å²) in [5.74, 6) is -0.775. The molecule has 1 aromatic heterocycles. The third-order valence-corrected chi connectivity index (χ3v) is 3.80. The number of benzene rings is 1. The maximum Gasteiger partial charge on any atom is 0.321 e. The first kappa shape index (κ1) is 16.8. The first-order valence-electron chi connectivity index (χ1n) is 6.88. The van der Waals surface area contributed by atoms with Gasteiger partial charge in [0.05, 0.1) is 13.0 Å². The number of ether oxygens (including phenoxy) is 1. The molecular formula is C15H17N3O4S. The highest BCUT2D eigenvalue weighted by Crippen LogP contribution is 2.15. The summed E-state index contributed by atoms with van der Waals surface area (Å²) in [6.07, 6.45) is 1.98. The highest BCUT2D eigenvalue weighted by molar-refractivity contribution is 7.13. The van der Waals surface area contributed by atoms with Crippen molar-refractivity contribution in [2.75, 3.05) is 19.0 Å². The Morgan fingerprint density at radius 1 is 1.35 bits per heavy atom. The summed E-state index contributed by atoms with van der Waals surface area (Å²) in [5.41, 5.74) is 0.861. The number of nitrogens with one attached hydrogen (secondary N) is 2. The number of aromatic nitrogens is 1. The van der Waals surface area contributed by atoms with Crippen LogP contribution in [0.2, 0.25) is 0 Å². The maximum absolute atomic E-state index is 11.9. The number of nitrogens with zero attached hydrogens (tertiary/aromatic N) is 1. The number of phenolic OH excluding ortho intramolecular Hbond substituents is 1. The van der Waals surface area contributed by atoms with E-state index >= 15 is 0 Å². The molecule has 0 aliphatic carbocycles. The quantitative estimate of drug-likeness (QED) is 0.701. The van der Waals surface area contributed by atoms with E-state index in [2.05, 4.69) is 15.6 Å². The largest absolute Gasteiger partial charge is 0.508 e. The van der Waals surface area contributed by atoms with Gasteiger partial charge in [-0.15, -0.1) is 11.3 Å². The lowest BCUT2D eigenvalue weighted by molar-refractivity contribution is -0.145. The van der Waals surface area contributed by atoms with Crippen LogP contribution in [0, 0.1) is 5.92 Å². The minimum absolute atomic E-state index is 0.130. The second kappa shape index (κ2) is 8.14. The van der Waals surface area contributed by atoms with Crippen molar-refractivity contribution < 1.29 is 19.4 Å². The summed E-state index contributed by atoms with van der Waals surface area (Å²) >= 11 is 1.30. The summed E-state index contributed by atoms with van der Waals surface area (Å²) in [7, 11) is 1.31. The van der Waals surface area contributed by atoms with E-state index in [1.807, 2.05) is 0 Å². The SMILES string of the molecule is COC(=O)[C@@H](CNC(=O)Nc1nccs1)Cc1ccc(O)cc1. The Balaban J connectivity index is 1.91. The van der Waals surface area contributed by atoms with Gasteiger partial charge in [-0.3, -0.25) is 10.1 Å². The van der Waals surface area contributed by atoms with E-state index in [9.17, 15) is 14.7 Å². The molecule has 3 N–H and O–H groups in total. The predicted molar refractivity (Wildman–Crippen MR) is 86.5 cm³/mol. The molecule has 8 heteroatoms. The van der Waals surface area contributed by atoms with E-state index < -0.39 is 17.9 Å². The van der Waals surface area contributed by atoms with Crippen LogP contribution < -0.4 is 10.6 Å². The Morgan fingerprint density at radius 3 is 2.70 bits per heavy atom. The van der Waals surface area contributed by atoms with Gasteiger partial charge in [0, 0.05) is 18.1 Å². The predicted octanol–water partition coefficient (Wildman–Crippen LogP) is 2.00. The molecule has 23 heavy (non-hydrogen) atoms. The van der Waals surface area contributed by atoms with E-state index in [-0.39, 0.29) is 12.3 Å². The zero-order valence-electron chi connectivity index (χ0n) is 12.5. The van der Waals surface area contributed by atoms with Crippen LogP contribution in [0.15, 0.2) is 35.8 Å². The van der Waals surface area contributed by atoms with Crippen LogP contribution >= 0.6 is 11.3 Å². The molecule has 7 nitrogen and oxygen atoms in total. The van der Waals surface area contributed by atoms with Gasteiger partial charge in [0.1, 0.15) is 5.75 Å². The molecule has 0 bridgehead atoms. The van der Waals surface area contributed by atoms with Crippen LogP contribution in [0.25, 0.3) is 0 Å². The summed E-state index contributed by atoms with van der Waals surface area (Å²) < 4.78 is 4.78. The molecule has 0 radical (unpaired) electrons. The van der Waals surface area contributed by atoms with Crippen molar-refractivity contribution in [3.05, 3.63) is 41.4 Å². The number of amides is 2. The number of thiazole rings is 1. The lowest BCUT2D eigenvalue weighted by Crippen LogP contribution is -2.37. The zero-order valence-corrected chi connectivity index (χ0v) is 13.3. The number of anilines is 1. The van der Waals surface area contributed by atoms with Crippen LogP contribution in [0.1, 0.15) is 5.56 Å². The molecule has 2 amide bonds. The molecule has 2 aromatic rings. The Hall–Kier alpha value is -2.61. The summed E-state index contributed by atoms with van der Waals surface area (Å²) in [5, 5.41) is 16.7. The Morgan fingerprint density at radius 2 is 2.09 bits per heavy atom. The standard InChI is InChI=1S/C15H17N3O4S/c1-22-13(20)11(8-10-2-4-12(19)5-3-10)9-17-14(21)18-15-16-6-7-23-15/h2-7,11,19H,8-9H2,1H3,(H2,16,17,18,21)/t11-/m1/s1. The number of rotatable bonds is 6. The number of phenols is 1. The van der Waals surface area contributed by atoms with Crippen LogP contribution in [0.3, 0.4) is 0 Å². The second-order valence-corrected chi connectivity index (χ2v) is 5.66. The van der Waals surface area contributed by atoms with Crippen molar-refractivity contribution in [1.29, 1.82) is 0 Å². The molecule has 2 rings (SSSR count). The van der Waals surface area contributed by atoms with E-state index in [0.717, 1.165) is 5.56 Å². The minimum atomic E-state index is -0.522. The van der Waals surface area contributed by atoms with E-state index in [0.29, 0.717) is 11.6 Å². The molecular weight excluding hydrogens is 318 g/mol. The summed E-state index contributed by atoms with van der Waals surface area (Å²) in [6, 6.07) is 6.11. The molecule has 1 atom stereocenters. The lowest BCUT2D eigenvalue weighted by Gasteiger charge is -2.15. The number of carbonyl (C=O) groups excluding carboxylic acids is 2. The fourth-order valence-corrected chi connectivity index (χ4v) is 2.49. The molecule has 0 fully saturated rings. The third kappa shape index (κ3) is 5.26. The molecule has 0 spiro atoms. The molecule has 0 unspecified atom stereocenters. The monoisotopic (exact) mass is 335 g/mol. The molecule has 0 aliphatic heterocycles. The molecule has 122 valence electrons. The fraction of sp³-hybridized carbons (Fsp3) is 0.267. The number of hydrogen-bond acceptors (Lipinski definition) is 6. The van der Waals surface area contributed by atoms with Gasteiger partial charge in [-0.1, -0.05) is 12.1 Å². The number of urea groups is 1. The van der Waals surface area contributed by atoms with Crippen LogP contribution in [0.5, 0.6) is 5.75 Å². The van der Waals surface area contributed by atoms with Crippen molar-refractivity contribution in [3.63, 3.8) is 0 Å². The summed E-state index contributed by atoms with van der Waals surface area (Å²) in [6.45, 7) is 0.130. The lowest BCUT2D eigenvalue weighted by atomic mass is 9.99. The van der Waals surface area contributed by atoms with Crippen LogP contribution in [0.4, 0.5) is 9.93 Å². The van der Waals surface area contributed by atoms with Gasteiger partial charge in [0.2, 0.25) is 0 Å². The second-order valence-electron chi connectivity index (χ2n) is 4.76. The van der Waals surface area contributed by atoms with Crippen molar-refractivity contribution >= 4 is 28.5 Å². The first-order valence-corrected chi connectivity index (χ1v) is 7.76.